The monoisotopic (exact) mass is 392 g/mol. The molecule has 4 nitrogen and oxygen atoms in total. The highest BCUT2D eigenvalue weighted by Crippen LogP contribution is 2.26. The van der Waals surface area contributed by atoms with Crippen molar-refractivity contribution in [2.75, 3.05) is 6.54 Å². The lowest BCUT2D eigenvalue weighted by Gasteiger charge is -2.30. The van der Waals surface area contributed by atoms with Gasteiger partial charge in [0, 0.05) is 36.7 Å². The van der Waals surface area contributed by atoms with Gasteiger partial charge in [0.05, 0.1) is 12.5 Å². The largest absolute Gasteiger partial charge is 0.349 e. The normalized spacial score (nSPS) is 14.4. The zero-order valence-corrected chi connectivity index (χ0v) is 15.5. The summed E-state index contributed by atoms with van der Waals surface area (Å²) in [6.07, 6.45) is 0.572. The molecule has 2 amide bonds. The number of amides is 2. The minimum atomic E-state index is -0.859. The highest BCUT2D eigenvalue weighted by atomic mass is 35.5. The molecule has 0 fully saturated rings. The molecular weight excluding hydrogens is 374 g/mol. The molecular formula is C20H19ClF2N2O2. The summed E-state index contributed by atoms with van der Waals surface area (Å²) in [5.41, 5.74) is 2.21. The van der Waals surface area contributed by atoms with Crippen LogP contribution < -0.4 is 5.32 Å². The second kappa shape index (κ2) is 8.05. The first-order chi connectivity index (χ1) is 12.8. The van der Waals surface area contributed by atoms with Gasteiger partial charge in [0.2, 0.25) is 11.8 Å². The molecule has 3 rings (SSSR count). The molecule has 2 aromatic carbocycles. The van der Waals surface area contributed by atoms with Crippen molar-refractivity contribution in [2.24, 2.45) is 0 Å². The van der Waals surface area contributed by atoms with E-state index in [0.29, 0.717) is 24.5 Å². The quantitative estimate of drug-likeness (QED) is 0.861. The van der Waals surface area contributed by atoms with Gasteiger partial charge in [0.25, 0.3) is 0 Å². The molecule has 0 saturated heterocycles. The van der Waals surface area contributed by atoms with Gasteiger partial charge in [-0.3, -0.25) is 9.59 Å². The fourth-order valence-electron chi connectivity index (χ4n) is 3.31. The SMILES string of the molecule is CC(=O)NC(CC(=O)N1CCc2cc(Cl)ccc2C1)c1ccc(F)cc1F. The van der Waals surface area contributed by atoms with Gasteiger partial charge in [-0.1, -0.05) is 23.7 Å². The number of hydrogen-bond acceptors (Lipinski definition) is 2. The smallest absolute Gasteiger partial charge is 0.225 e. The predicted molar refractivity (Wildman–Crippen MR) is 98.1 cm³/mol. The number of carbonyl (C=O) groups excluding carboxylic acids is 2. The number of halogens is 3. The topological polar surface area (TPSA) is 49.4 Å². The molecule has 0 aliphatic carbocycles. The van der Waals surface area contributed by atoms with E-state index in [1.807, 2.05) is 12.1 Å². The lowest BCUT2D eigenvalue weighted by Crippen LogP contribution is -2.39. The minimum absolute atomic E-state index is 0.0872. The second-order valence-corrected chi connectivity index (χ2v) is 7.04. The van der Waals surface area contributed by atoms with E-state index in [4.69, 9.17) is 11.6 Å². The maximum Gasteiger partial charge on any atom is 0.225 e. The van der Waals surface area contributed by atoms with Crippen molar-refractivity contribution in [3.05, 3.63) is 69.7 Å². The Bertz CT molecular complexity index is 888. The third-order valence-corrected chi connectivity index (χ3v) is 4.86. The second-order valence-electron chi connectivity index (χ2n) is 6.60. The first-order valence-corrected chi connectivity index (χ1v) is 8.98. The van der Waals surface area contributed by atoms with Crippen molar-refractivity contribution < 1.29 is 18.4 Å². The Morgan fingerprint density at radius 3 is 2.67 bits per heavy atom. The third kappa shape index (κ3) is 4.63. The summed E-state index contributed by atoms with van der Waals surface area (Å²) in [5, 5.41) is 3.25. The maximum absolute atomic E-state index is 14.1. The van der Waals surface area contributed by atoms with Crippen LogP contribution in [0.15, 0.2) is 36.4 Å². The lowest BCUT2D eigenvalue weighted by atomic mass is 9.98. The molecule has 0 radical (unpaired) electrons. The van der Waals surface area contributed by atoms with Crippen LogP contribution in [0.2, 0.25) is 5.02 Å². The van der Waals surface area contributed by atoms with E-state index < -0.39 is 23.6 Å². The van der Waals surface area contributed by atoms with Crippen molar-refractivity contribution in [2.45, 2.75) is 32.4 Å². The maximum atomic E-state index is 14.1. The fourth-order valence-corrected chi connectivity index (χ4v) is 3.50. The molecule has 27 heavy (non-hydrogen) atoms. The predicted octanol–water partition coefficient (Wildman–Crippen LogP) is 3.77. The van der Waals surface area contributed by atoms with E-state index in [9.17, 15) is 18.4 Å². The van der Waals surface area contributed by atoms with Crippen molar-refractivity contribution in [3.63, 3.8) is 0 Å². The summed E-state index contributed by atoms with van der Waals surface area (Å²) in [6.45, 7) is 2.24. The summed E-state index contributed by atoms with van der Waals surface area (Å²) in [5.74, 6) is -2.11. The molecule has 1 aliphatic rings. The van der Waals surface area contributed by atoms with Crippen LogP contribution in [0.25, 0.3) is 0 Å². The van der Waals surface area contributed by atoms with Gasteiger partial charge in [0.15, 0.2) is 0 Å². The lowest BCUT2D eigenvalue weighted by molar-refractivity contribution is -0.133. The van der Waals surface area contributed by atoms with Crippen LogP contribution in [0.1, 0.15) is 36.1 Å². The summed E-state index contributed by atoms with van der Waals surface area (Å²) >= 11 is 6.00. The first kappa shape index (κ1) is 19.3. The standard InChI is InChI=1S/C20H19ClF2N2O2/c1-12(26)24-19(17-5-4-16(22)9-18(17)23)10-20(27)25-7-6-13-8-15(21)3-2-14(13)11-25/h2-5,8-9,19H,6-7,10-11H2,1H3,(H,24,26). The van der Waals surface area contributed by atoms with E-state index in [1.54, 1.807) is 11.0 Å². The Hall–Kier alpha value is -2.47. The highest BCUT2D eigenvalue weighted by Gasteiger charge is 2.26. The molecule has 1 atom stereocenters. The van der Waals surface area contributed by atoms with E-state index >= 15 is 0 Å². The number of carbonyl (C=O) groups is 2. The summed E-state index contributed by atoms with van der Waals surface area (Å²) in [6, 6.07) is 7.82. The van der Waals surface area contributed by atoms with Crippen molar-refractivity contribution in [1.82, 2.24) is 10.2 Å². The van der Waals surface area contributed by atoms with Crippen molar-refractivity contribution >= 4 is 23.4 Å². The molecule has 2 aromatic rings. The van der Waals surface area contributed by atoms with Crippen LogP contribution >= 0.6 is 11.6 Å². The summed E-state index contributed by atoms with van der Waals surface area (Å²) in [4.78, 5) is 26.0. The number of nitrogens with one attached hydrogen (secondary N) is 1. The van der Waals surface area contributed by atoms with Crippen LogP contribution in [0.5, 0.6) is 0 Å². The molecule has 0 saturated carbocycles. The van der Waals surface area contributed by atoms with E-state index in [0.717, 1.165) is 23.3 Å². The van der Waals surface area contributed by atoms with Crippen LogP contribution in [-0.4, -0.2) is 23.3 Å². The molecule has 7 heteroatoms. The zero-order chi connectivity index (χ0) is 19.6. The van der Waals surface area contributed by atoms with Crippen molar-refractivity contribution in [1.29, 1.82) is 0 Å². The third-order valence-electron chi connectivity index (χ3n) is 4.63. The zero-order valence-electron chi connectivity index (χ0n) is 14.8. The average molecular weight is 393 g/mol. The minimum Gasteiger partial charge on any atom is -0.349 e. The van der Waals surface area contributed by atoms with Gasteiger partial charge in [-0.2, -0.15) is 0 Å². The van der Waals surface area contributed by atoms with Gasteiger partial charge in [-0.15, -0.1) is 0 Å². The Balaban J connectivity index is 1.76. The Morgan fingerprint density at radius 1 is 1.19 bits per heavy atom. The number of nitrogens with zero attached hydrogens (tertiary/aromatic N) is 1. The van der Waals surface area contributed by atoms with Crippen LogP contribution in [0.3, 0.4) is 0 Å². The van der Waals surface area contributed by atoms with Gasteiger partial charge >= 0.3 is 0 Å². The Morgan fingerprint density at radius 2 is 1.96 bits per heavy atom. The van der Waals surface area contributed by atoms with Crippen LogP contribution in [-0.2, 0) is 22.6 Å². The Kier molecular flexibility index (Phi) is 5.75. The molecule has 0 aromatic heterocycles. The molecule has 0 spiro atoms. The van der Waals surface area contributed by atoms with Gasteiger partial charge in [-0.25, -0.2) is 8.78 Å². The molecule has 1 N–H and O–H groups in total. The van der Waals surface area contributed by atoms with Gasteiger partial charge < -0.3 is 10.2 Å². The van der Waals surface area contributed by atoms with E-state index in [2.05, 4.69) is 5.32 Å². The Labute approximate surface area is 161 Å². The fraction of sp³-hybridized carbons (Fsp3) is 0.300. The van der Waals surface area contributed by atoms with Gasteiger partial charge in [-0.05, 0) is 35.7 Å². The molecule has 1 aliphatic heterocycles. The average Bonchev–Trinajstić information content (AvgIpc) is 2.60. The number of hydrogen-bond donors (Lipinski definition) is 1. The molecule has 142 valence electrons. The number of rotatable bonds is 4. The first-order valence-electron chi connectivity index (χ1n) is 8.60. The molecule has 1 unspecified atom stereocenters. The van der Waals surface area contributed by atoms with Gasteiger partial charge in [0.1, 0.15) is 11.6 Å². The van der Waals surface area contributed by atoms with Crippen molar-refractivity contribution in [3.8, 4) is 0 Å². The summed E-state index contributed by atoms with van der Waals surface area (Å²) in [7, 11) is 0. The summed E-state index contributed by atoms with van der Waals surface area (Å²) < 4.78 is 27.3. The van der Waals surface area contributed by atoms with Crippen LogP contribution in [0, 0.1) is 11.6 Å². The number of fused-ring (bicyclic) bond motifs is 1. The van der Waals surface area contributed by atoms with E-state index in [-0.39, 0.29) is 17.9 Å². The molecule has 0 bridgehead atoms. The number of benzene rings is 2. The van der Waals surface area contributed by atoms with E-state index in [1.165, 1.54) is 13.0 Å². The highest BCUT2D eigenvalue weighted by molar-refractivity contribution is 6.30. The molecule has 1 heterocycles. The van der Waals surface area contributed by atoms with Crippen LogP contribution in [0.4, 0.5) is 8.78 Å².